The predicted molar refractivity (Wildman–Crippen MR) is 66.2 cm³/mol. The van der Waals surface area contributed by atoms with Gasteiger partial charge in [-0.05, 0) is 12.1 Å². The highest BCUT2D eigenvalue weighted by atomic mass is 16.1. The molecule has 0 bridgehead atoms. The molecular formula is C12H11N5O. The number of aromatic amines is 1. The summed E-state index contributed by atoms with van der Waals surface area (Å²) in [7, 11) is 0. The summed E-state index contributed by atoms with van der Waals surface area (Å²) < 4.78 is 1.48. The molecule has 6 heteroatoms. The Morgan fingerprint density at radius 3 is 2.94 bits per heavy atom. The highest BCUT2D eigenvalue weighted by molar-refractivity contribution is 5.59. The van der Waals surface area contributed by atoms with E-state index < -0.39 is 0 Å². The number of pyridine rings is 1. The van der Waals surface area contributed by atoms with Crippen LogP contribution in [0, 0.1) is 0 Å². The molecule has 3 heterocycles. The smallest absolute Gasteiger partial charge is 0.255 e. The van der Waals surface area contributed by atoms with Gasteiger partial charge in [0.25, 0.3) is 0 Å². The molecule has 0 unspecified atom stereocenters. The van der Waals surface area contributed by atoms with Gasteiger partial charge in [0.1, 0.15) is 5.82 Å². The third-order valence-corrected chi connectivity index (χ3v) is 2.72. The lowest BCUT2D eigenvalue weighted by atomic mass is 10.2. The summed E-state index contributed by atoms with van der Waals surface area (Å²) >= 11 is 0. The molecule has 6 nitrogen and oxygen atoms in total. The summed E-state index contributed by atoms with van der Waals surface area (Å²) in [6.45, 7) is 1.95. The quantitative estimate of drug-likeness (QED) is 0.727. The van der Waals surface area contributed by atoms with E-state index in [4.69, 9.17) is 0 Å². The van der Waals surface area contributed by atoms with Crippen molar-refractivity contribution in [2.24, 2.45) is 0 Å². The molecule has 0 saturated carbocycles. The van der Waals surface area contributed by atoms with Crippen LogP contribution in [0.1, 0.15) is 12.7 Å². The van der Waals surface area contributed by atoms with Crippen LogP contribution in [0.15, 0.2) is 35.3 Å². The first-order valence-electron chi connectivity index (χ1n) is 5.68. The molecule has 0 amide bonds. The lowest BCUT2D eigenvalue weighted by Crippen LogP contribution is -2.15. The summed E-state index contributed by atoms with van der Waals surface area (Å²) in [5, 5.41) is 6.40. The van der Waals surface area contributed by atoms with E-state index in [1.807, 2.05) is 25.1 Å². The van der Waals surface area contributed by atoms with E-state index in [2.05, 4.69) is 20.2 Å². The van der Waals surface area contributed by atoms with Gasteiger partial charge in [0.05, 0.1) is 11.4 Å². The summed E-state index contributed by atoms with van der Waals surface area (Å²) in [4.78, 5) is 20.3. The van der Waals surface area contributed by atoms with E-state index in [1.54, 1.807) is 12.3 Å². The minimum Gasteiger partial charge on any atom is -0.255 e. The number of rotatable bonds is 2. The molecule has 0 saturated heterocycles. The maximum Gasteiger partial charge on any atom is 0.349 e. The van der Waals surface area contributed by atoms with Crippen molar-refractivity contribution in [1.82, 2.24) is 24.6 Å². The van der Waals surface area contributed by atoms with Crippen molar-refractivity contribution in [1.29, 1.82) is 0 Å². The second-order valence-electron chi connectivity index (χ2n) is 3.85. The summed E-state index contributed by atoms with van der Waals surface area (Å²) in [6, 6.07) is 7.38. The van der Waals surface area contributed by atoms with Crippen LogP contribution in [0.5, 0.6) is 0 Å². The van der Waals surface area contributed by atoms with Crippen LogP contribution in [0.25, 0.3) is 17.0 Å². The molecule has 0 aliphatic heterocycles. The Labute approximate surface area is 102 Å². The minimum absolute atomic E-state index is 0.262. The average molecular weight is 241 g/mol. The number of nitrogens with one attached hydrogen (secondary N) is 1. The molecule has 18 heavy (non-hydrogen) atoms. The van der Waals surface area contributed by atoms with Crippen molar-refractivity contribution >= 4 is 5.65 Å². The first-order chi connectivity index (χ1) is 8.79. The molecule has 1 N–H and O–H groups in total. The van der Waals surface area contributed by atoms with Crippen LogP contribution in [0.3, 0.4) is 0 Å². The van der Waals surface area contributed by atoms with Gasteiger partial charge < -0.3 is 0 Å². The first-order valence-corrected chi connectivity index (χ1v) is 5.68. The third-order valence-electron chi connectivity index (χ3n) is 2.72. The van der Waals surface area contributed by atoms with Crippen molar-refractivity contribution in [3.05, 3.63) is 46.8 Å². The molecule has 0 atom stereocenters. The van der Waals surface area contributed by atoms with Crippen molar-refractivity contribution < 1.29 is 0 Å². The Morgan fingerprint density at radius 1 is 1.33 bits per heavy atom. The molecule has 3 rings (SSSR count). The second-order valence-corrected chi connectivity index (χ2v) is 3.85. The third kappa shape index (κ3) is 1.58. The van der Waals surface area contributed by atoms with E-state index in [-0.39, 0.29) is 5.69 Å². The number of hydrogen-bond acceptors (Lipinski definition) is 4. The number of H-pyrrole nitrogens is 1. The van der Waals surface area contributed by atoms with Gasteiger partial charge in [-0.15, -0.1) is 0 Å². The zero-order valence-electron chi connectivity index (χ0n) is 9.79. The normalized spacial score (nSPS) is 10.9. The van der Waals surface area contributed by atoms with Crippen molar-refractivity contribution in [3.63, 3.8) is 0 Å². The van der Waals surface area contributed by atoms with Crippen LogP contribution < -0.4 is 5.69 Å². The lowest BCUT2D eigenvalue weighted by molar-refractivity contribution is 0.868. The maximum absolute atomic E-state index is 11.6. The van der Waals surface area contributed by atoms with Gasteiger partial charge in [-0.25, -0.2) is 19.3 Å². The Kier molecular flexibility index (Phi) is 2.40. The van der Waals surface area contributed by atoms with Gasteiger partial charge in [0, 0.05) is 18.7 Å². The summed E-state index contributed by atoms with van der Waals surface area (Å²) in [6.07, 6.45) is 2.36. The predicted octanol–water partition coefficient (Wildman–Crippen LogP) is 1.04. The standard InChI is InChI=1S/C12H11N5O/c1-2-10-14-9(8-5-3-4-6-13-8)7-11-15-16-12(18)17(10)11/h3-7H,2H2,1H3,(H,16,18). The van der Waals surface area contributed by atoms with E-state index >= 15 is 0 Å². The molecule has 0 spiro atoms. The van der Waals surface area contributed by atoms with E-state index in [0.29, 0.717) is 17.9 Å². The second kappa shape index (κ2) is 4.06. The molecule has 3 aromatic heterocycles. The number of aryl methyl sites for hydroxylation is 1. The van der Waals surface area contributed by atoms with Crippen molar-refractivity contribution in [2.75, 3.05) is 0 Å². The molecule has 0 radical (unpaired) electrons. The van der Waals surface area contributed by atoms with Gasteiger partial charge in [-0.3, -0.25) is 4.98 Å². The Morgan fingerprint density at radius 2 is 2.22 bits per heavy atom. The van der Waals surface area contributed by atoms with Crippen LogP contribution >= 0.6 is 0 Å². The van der Waals surface area contributed by atoms with Gasteiger partial charge in [-0.1, -0.05) is 13.0 Å². The lowest BCUT2D eigenvalue weighted by Gasteiger charge is -2.04. The first kappa shape index (κ1) is 10.6. The Hall–Kier alpha value is -2.50. The van der Waals surface area contributed by atoms with Crippen molar-refractivity contribution in [2.45, 2.75) is 13.3 Å². The SMILES string of the molecule is CCc1nc(-c2ccccn2)cc2n[nH]c(=O)n12. The number of aromatic nitrogens is 5. The van der Waals surface area contributed by atoms with Gasteiger partial charge in [-0.2, -0.15) is 5.10 Å². The fraction of sp³-hybridized carbons (Fsp3) is 0.167. The Balaban J connectivity index is 2.30. The summed E-state index contributed by atoms with van der Waals surface area (Å²) in [5.74, 6) is 0.673. The highest BCUT2D eigenvalue weighted by Gasteiger charge is 2.10. The topological polar surface area (TPSA) is 75.9 Å². The van der Waals surface area contributed by atoms with Crippen LogP contribution in [0.4, 0.5) is 0 Å². The zero-order valence-corrected chi connectivity index (χ0v) is 9.79. The number of fused-ring (bicyclic) bond motifs is 1. The van der Waals surface area contributed by atoms with Gasteiger partial charge in [0.2, 0.25) is 0 Å². The fourth-order valence-electron chi connectivity index (χ4n) is 1.88. The molecule has 3 aromatic rings. The maximum atomic E-state index is 11.6. The summed E-state index contributed by atoms with van der Waals surface area (Å²) in [5.41, 5.74) is 1.79. The van der Waals surface area contributed by atoms with Crippen LogP contribution in [-0.2, 0) is 6.42 Å². The molecule has 90 valence electrons. The van der Waals surface area contributed by atoms with Crippen molar-refractivity contribution in [3.8, 4) is 11.4 Å². The van der Waals surface area contributed by atoms with Crippen LogP contribution in [-0.4, -0.2) is 24.6 Å². The fourth-order valence-corrected chi connectivity index (χ4v) is 1.88. The van der Waals surface area contributed by atoms with E-state index in [1.165, 1.54) is 4.40 Å². The van der Waals surface area contributed by atoms with Gasteiger partial charge in [0.15, 0.2) is 5.65 Å². The van der Waals surface area contributed by atoms with Crippen LogP contribution in [0.2, 0.25) is 0 Å². The molecule has 0 aliphatic rings. The largest absolute Gasteiger partial charge is 0.349 e. The number of nitrogens with zero attached hydrogens (tertiary/aromatic N) is 4. The minimum atomic E-state index is -0.262. The molecule has 0 aromatic carbocycles. The average Bonchev–Trinajstić information content (AvgIpc) is 2.81. The molecular weight excluding hydrogens is 230 g/mol. The Bertz CT molecular complexity index is 744. The van der Waals surface area contributed by atoms with E-state index in [0.717, 1.165) is 11.4 Å². The zero-order chi connectivity index (χ0) is 12.5. The van der Waals surface area contributed by atoms with Gasteiger partial charge >= 0.3 is 5.69 Å². The van der Waals surface area contributed by atoms with E-state index in [9.17, 15) is 4.79 Å². The molecule has 0 aliphatic carbocycles. The highest BCUT2D eigenvalue weighted by Crippen LogP contribution is 2.15. The number of hydrogen-bond donors (Lipinski definition) is 1. The monoisotopic (exact) mass is 241 g/mol. The molecule has 0 fully saturated rings.